The van der Waals surface area contributed by atoms with E-state index >= 15 is 0 Å². The van der Waals surface area contributed by atoms with Crippen LogP contribution in [-0.4, -0.2) is 14.5 Å². The van der Waals surface area contributed by atoms with Crippen LogP contribution in [0.4, 0.5) is 0 Å². The molecule has 3 aromatic heterocycles. The van der Waals surface area contributed by atoms with Crippen LogP contribution in [0.1, 0.15) is 0 Å². The van der Waals surface area contributed by atoms with Gasteiger partial charge in [0.15, 0.2) is 0 Å². The van der Waals surface area contributed by atoms with Crippen LogP contribution in [-0.2, 0) is 0 Å². The normalized spacial score (nSPS) is 10.7. The standard InChI is InChI=1S/C12H11N3/c1-4-10(13-7-1)11-5-3-9-15(11)12-6-2-8-14-12/h1-9,13-14H. The van der Waals surface area contributed by atoms with Gasteiger partial charge >= 0.3 is 0 Å². The molecule has 3 heterocycles. The van der Waals surface area contributed by atoms with Crippen molar-refractivity contribution in [1.29, 1.82) is 0 Å². The fourth-order valence-electron chi connectivity index (χ4n) is 1.77. The second-order valence-electron chi connectivity index (χ2n) is 3.40. The van der Waals surface area contributed by atoms with Crippen molar-refractivity contribution in [3.05, 3.63) is 55.0 Å². The third-order valence-corrected chi connectivity index (χ3v) is 2.46. The Kier molecular flexibility index (Phi) is 1.75. The number of aromatic amines is 2. The molecule has 0 aliphatic heterocycles. The number of aromatic nitrogens is 3. The molecular formula is C12H11N3. The van der Waals surface area contributed by atoms with E-state index in [1.54, 1.807) is 0 Å². The van der Waals surface area contributed by atoms with Gasteiger partial charge in [0, 0.05) is 18.6 Å². The van der Waals surface area contributed by atoms with Gasteiger partial charge in [-0.25, -0.2) is 0 Å². The van der Waals surface area contributed by atoms with Crippen molar-refractivity contribution in [1.82, 2.24) is 14.5 Å². The summed E-state index contributed by atoms with van der Waals surface area (Å²) in [4.78, 5) is 6.40. The zero-order chi connectivity index (χ0) is 10.1. The number of rotatable bonds is 2. The highest BCUT2D eigenvalue weighted by atomic mass is 15.1. The van der Waals surface area contributed by atoms with Gasteiger partial charge in [-0.15, -0.1) is 0 Å². The topological polar surface area (TPSA) is 36.5 Å². The summed E-state index contributed by atoms with van der Waals surface area (Å²) >= 11 is 0. The van der Waals surface area contributed by atoms with Crippen LogP contribution >= 0.6 is 0 Å². The van der Waals surface area contributed by atoms with Crippen LogP contribution in [0.3, 0.4) is 0 Å². The summed E-state index contributed by atoms with van der Waals surface area (Å²) in [6, 6.07) is 12.2. The van der Waals surface area contributed by atoms with Crippen molar-refractivity contribution < 1.29 is 0 Å². The van der Waals surface area contributed by atoms with Crippen molar-refractivity contribution in [2.45, 2.75) is 0 Å². The molecule has 3 rings (SSSR count). The van der Waals surface area contributed by atoms with Gasteiger partial charge in [-0.05, 0) is 36.4 Å². The summed E-state index contributed by atoms with van der Waals surface area (Å²) in [6.45, 7) is 0. The molecule has 0 bridgehead atoms. The van der Waals surface area contributed by atoms with Crippen LogP contribution < -0.4 is 0 Å². The largest absolute Gasteiger partial charge is 0.360 e. The molecule has 0 unspecified atom stereocenters. The third kappa shape index (κ3) is 1.29. The maximum Gasteiger partial charge on any atom is 0.114 e. The van der Waals surface area contributed by atoms with Gasteiger partial charge in [-0.1, -0.05) is 0 Å². The maximum absolute atomic E-state index is 3.21. The van der Waals surface area contributed by atoms with Gasteiger partial charge in [-0.3, -0.25) is 0 Å². The first-order chi connectivity index (χ1) is 7.45. The lowest BCUT2D eigenvalue weighted by molar-refractivity contribution is 1.03. The first-order valence-electron chi connectivity index (χ1n) is 4.90. The zero-order valence-corrected chi connectivity index (χ0v) is 8.14. The Labute approximate surface area is 87.4 Å². The van der Waals surface area contributed by atoms with Gasteiger partial charge in [0.05, 0.1) is 11.4 Å². The van der Waals surface area contributed by atoms with Crippen molar-refractivity contribution in [3.63, 3.8) is 0 Å². The predicted octanol–water partition coefficient (Wildman–Crippen LogP) is 2.80. The number of nitrogens with zero attached hydrogens (tertiary/aromatic N) is 1. The van der Waals surface area contributed by atoms with Gasteiger partial charge in [-0.2, -0.15) is 0 Å². The highest BCUT2D eigenvalue weighted by Gasteiger charge is 2.05. The fourth-order valence-corrected chi connectivity index (χ4v) is 1.77. The number of H-pyrrole nitrogens is 2. The summed E-state index contributed by atoms with van der Waals surface area (Å²) in [5.74, 6) is 1.07. The smallest absolute Gasteiger partial charge is 0.114 e. The second kappa shape index (κ2) is 3.20. The van der Waals surface area contributed by atoms with Crippen LogP contribution in [0.2, 0.25) is 0 Å². The first kappa shape index (κ1) is 8.17. The Morgan fingerprint density at radius 3 is 2.47 bits per heavy atom. The lowest BCUT2D eigenvalue weighted by Gasteiger charge is -2.04. The molecule has 0 amide bonds. The van der Waals surface area contributed by atoms with E-state index in [-0.39, 0.29) is 0 Å². The molecule has 0 spiro atoms. The number of hydrogen-bond acceptors (Lipinski definition) is 0. The van der Waals surface area contributed by atoms with E-state index in [0.29, 0.717) is 0 Å². The van der Waals surface area contributed by atoms with Crippen LogP contribution in [0.25, 0.3) is 17.2 Å². The zero-order valence-electron chi connectivity index (χ0n) is 8.14. The van der Waals surface area contributed by atoms with E-state index in [0.717, 1.165) is 17.2 Å². The SMILES string of the molecule is c1c[nH]c(-c2cccn2-c2ccc[nH]2)c1. The molecule has 0 atom stereocenters. The first-order valence-corrected chi connectivity index (χ1v) is 4.90. The Balaban J connectivity index is 2.15. The molecule has 0 aliphatic carbocycles. The third-order valence-electron chi connectivity index (χ3n) is 2.46. The fraction of sp³-hybridized carbons (Fsp3) is 0. The maximum atomic E-state index is 3.21. The molecular weight excluding hydrogens is 186 g/mol. The molecule has 0 fully saturated rings. The quantitative estimate of drug-likeness (QED) is 0.634. The summed E-state index contributed by atoms with van der Waals surface area (Å²) in [6.07, 6.45) is 5.90. The van der Waals surface area contributed by atoms with Gasteiger partial charge < -0.3 is 14.5 Å². The summed E-state index contributed by atoms with van der Waals surface area (Å²) < 4.78 is 2.12. The van der Waals surface area contributed by atoms with Gasteiger partial charge in [0.2, 0.25) is 0 Å². The predicted molar refractivity (Wildman–Crippen MR) is 59.9 cm³/mol. The van der Waals surface area contributed by atoms with Crippen LogP contribution in [0.15, 0.2) is 55.0 Å². The van der Waals surface area contributed by atoms with Crippen molar-refractivity contribution in [2.24, 2.45) is 0 Å². The van der Waals surface area contributed by atoms with Gasteiger partial charge in [0.25, 0.3) is 0 Å². The Hall–Kier alpha value is -2.16. The molecule has 3 aromatic rings. The molecule has 0 aliphatic rings. The molecule has 3 nitrogen and oxygen atoms in total. The second-order valence-corrected chi connectivity index (χ2v) is 3.40. The lowest BCUT2D eigenvalue weighted by Crippen LogP contribution is -1.94. The molecule has 0 saturated heterocycles. The molecule has 0 aromatic carbocycles. The minimum absolute atomic E-state index is 1.07. The van der Waals surface area contributed by atoms with E-state index < -0.39 is 0 Å². The highest BCUT2D eigenvalue weighted by Crippen LogP contribution is 2.20. The minimum atomic E-state index is 1.07. The Morgan fingerprint density at radius 2 is 1.73 bits per heavy atom. The van der Waals surface area contributed by atoms with Gasteiger partial charge in [0.1, 0.15) is 5.82 Å². The van der Waals surface area contributed by atoms with E-state index in [1.807, 2.05) is 42.9 Å². The van der Waals surface area contributed by atoms with E-state index in [1.165, 1.54) is 0 Å². The van der Waals surface area contributed by atoms with E-state index in [2.05, 4.69) is 26.7 Å². The van der Waals surface area contributed by atoms with Crippen LogP contribution in [0.5, 0.6) is 0 Å². The summed E-state index contributed by atoms with van der Waals surface area (Å²) in [5, 5.41) is 0. The Morgan fingerprint density at radius 1 is 0.867 bits per heavy atom. The molecule has 2 N–H and O–H groups in total. The molecule has 3 heteroatoms. The molecule has 15 heavy (non-hydrogen) atoms. The molecule has 0 radical (unpaired) electrons. The molecule has 0 saturated carbocycles. The minimum Gasteiger partial charge on any atom is -0.360 e. The summed E-state index contributed by atoms with van der Waals surface area (Å²) in [5.41, 5.74) is 2.28. The number of hydrogen-bond donors (Lipinski definition) is 2. The van der Waals surface area contributed by atoms with Crippen molar-refractivity contribution >= 4 is 0 Å². The molecule has 74 valence electrons. The van der Waals surface area contributed by atoms with Crippen molar-refractivity contribution in [2.75, 3.05) is 0 Å². The average molecular weight is 197 g/mol. The van der Waals surface area contributed by atoms with Crippen molar-refractivity contribution in [3.8, 4) is 17.2 Å². The monoisotopic (exact) mass is 197 g/mol. The summed E-state index contributed by atoms with van der Waals surface area (Å²) in [7, 11) is 0. The average Bonchev–Trinajstić information content (AvgIpc) is 3.01. The van der Waals surface area contributed by atoms with E-state index in [9.17, 15) is 0 Å². The Bertz CT molecular complexity index is 480. The lowest BCUT2D eigenvalue weighted by atomic mass is 10.3. The number of nitrogens with one attached hydrogen (secondary N) is 2. The van der Waals surface area contributed by atoms with E-state index in [4.69, 9.17) is 0 Å². The van der Waals surface area contributed by atoms with Crippen LogP contribution in [0, 0.1) is 0 Å². The highest BCUT2D eigenvalue weighted by molar-refractivity contribution is 5.58.